The summed E-state index contributed by atoms with van der Waals surface area (Å²) in [6, 6.07) is 12.4. The van der Waals surface area contributed by atoms with E-state index in [0.717, 1.165) is 11.1 Å². The molecule has 0 aliphatic carbocycles. The Labute approximate surface area is 168 Å². The monoisotopic (exact) mass is 414 g/mol. The number of carbonyl (C=O) groups is 1. The Hall–Kier alpha value is -3.75. The average Bonchev–Trinajstić information content (AvgIpc) is 3.15. The van der Waals surface area contributed by atoms with Crippen LogP contribution in [0.3, 0.4) is 0 Å². The zero-order valence-corrected chi connectivity index (χ0v) is 15.3. The van der Waals surface area contributed by atoms with Crippen LogP contribution in [-0.2, 0) is 0 Å². The smallest absolute Gasteiger partial charge is 0.343 e. The lowest BCUT2D eigenvalue weighted by Gasteiger charge is -2.09. The first-order chi connectivity index (χ1) is 14.3. The fourth-order valence-corrected chi connectivity index (χ4v) is 2.99. The lowest BCUT2D eigenvalue weighted by atomic mass is 10.1. The summed E-state index contributed by atoms with van der Waals surface area (Å²) in [6.07, 6.45) is 0.217. The van der Waals surface area contributed by atoms with Gasteiger partial charge in [-0.05, 0) is 48.5 Å². The summed E-state index contributed by atoms with van der Waals surface area (Å²) in [7, 11) is 0. The predicted molar refractivity (Wildman–Crippen MR) is 103 cm³/mol. The summed E-state index contributed by atoms with van der Waals surface area (Å²) in [5, 5.41) is 2.62. The van der Waals surface area contributed by atoms with Crippen molar-refractivity contribution in [2.45, 2.75) is 6.18 Å². The Bertz CT molecular complexity index is 1220. The molecule has 0 spiro atoms. The second-order valence-corrected chi connectivity index (χ2v) is 6.53. The molecule has 3 heterocycles. The number of pyridine rings is 2. The van der Waals surface area contributed by atoms with Crippen LogP contribution in [0.2, 0.25) is 0 Å². The van der Waals surface area contributed by atoms with Crippen LogP contribution in [0, 0.1) is 5.82 Å². The van der Waals surface area contributed by atoms with E-state index in [1.807, 2.05) is 17.4 Å². The summed E-state index contributed by atoms with van der Waals surface area (Å²) < 4.78 is 51.9. The van der Waals surface area contributed by atoms with Crippen molar-refractivity contribution < 1.29 is 22.4 Å². The molecule has 0 saturated carbocycles. The average molecular weight is 414 g/mol. The molecule has 1 N–H and O–H groups in total. The zero-order chi connectivity index (χ0) is 21.3. The van der Waals surface area contributed by atoms with Crippen LogP contribution in [0.15, 0.2) is 67.1 Å². The minimum absolute atomic E-state index is 0.0632. The summed E-state index contributed by atoms with van der Waals surface area (Å²) >= 11 is 0. The number of rotatable bonds is 4. The fraction of sp³-hybridized carbons (Fsp3) is 0.0952. The molecule has 5 nitrogen and oxygen atoms in total. The van der Waals surface area contributed by atoms with E-state index in [-0.39, 0.29) is 11.4 Å². The fourth-order valence-electron chi connectivity index (χ4n) is 2.99. The molecule has 3 aromatic heterocycles. The maximum absolute atomic E-state index is 13.2. The van der Waals surface area contributed by atoms with E-state index in [1.54, 1.807) is 29.1 Å². The van der Waals surface area contributed by atoms with Crippen molar-refractivity contribution in [3.05, 3.63) is 78.5 Å². The van der Waals surface area contributed by atoms with Crippen molar-refractivity contribution in [1.82, 2.24) is 19.9 Å². The maximum atomic E-state index is 13.2. The van der Waals surface area contributed by atoms with E-state index in [4.69, 9.17) is 0 Å². The van der Waals surface area contributed by atoms with Crippen LogP contribution in [0.5, 0.6) is 0 Å². The molecule has 0 saturated heterocycles. The van der Waals surface area contributed by atoms with Crippen LogP contribution in [0.4, 0.5) is 17.6 Å². The number of hydrogen-bond acceptors (Lipinski definition) is 3. The van der Waals surface area contributed by atoms with Crippen LogP contribution < -0.4 is 5.32 Å². The molecular weight excluding hydrogens is 400 g/mol. The number of alkyl halides is 3. The molecule has 1 amide bonds. The van der Waals surface area contributed by atoms with Crippen molar-refractivity contribution in [3.8, 4) is 16.9 Å². The number of carbonyl (C=O) groups excluding carboxylic acids is 1. The first kappa shape index (κ1) is 19.6. The van der Waals surface area contributed by atoms with Gasteiger partial charge in [0.1, 0.15) is 18.0 Å². The highest BCUT2D eigenvalue weighted by molar-refractivity contribution is 5.95. The second-order valence-electron chi connectivity index (χ2n) is 6.53. The standard InChI is InChI=1S/C21H14F4N4O/c22-16-1-3-17(4-2-16)29-8-6-13-9-15(11-27-19(13)29)18-10-14(5-7-26-18)20(30)28-12-21(23,24)25/h1-11H,12H2,(H,28,30). The lowest BCUT2D eigenvalue weighted by Crippen LogP contribution is -2.33. The van der Waals surface area contributed by atoms with Gasteiger partial charge in [0.15, 0.2) is 0 Å². The molecule has 0 radical (unpaired) electrons. The third kappa shape index (κ3) is 4.14. The molecule has 0 bridgehead atoms. The number of hydrogen-bond donors (Lipinski definition) is 1. The van der Waals surface area contributed by atoms with E-state index in [0.29, 0.717) is 16.9 Å². The summed E-state index contributed by atoms with van der Waals surface area (Å²) in [5.41, 5.74) is 2.45. The second kappa shape index (κ2) is 7.58. The van der Waals surface area contributed by atoms with E-state index in [2.05, 4.69) is 9.97 Å². The van der Waals surface area contributed by atoms with E-state index >= 15 is 0 Å². The van der Waals surface area contributed by atoms with Gasteiger partial charge in [-0.3, -0.25) is 9.78 Å². The molecule has 9 heteroatoms. The maximum Gasteiger partial charge on any atom is 0.405 e. The summed E-state index contributed by atoms with van der Waals surface area (Å²) in [6.45, 7) is -1.41. The topological polar surface area (TPSA) is 59.8 Å². The highest BCUT2D eigenvalue weighted by Gasteiger charge is 2.28. The molecule has 0 unspecified atom stereocenters. The largest absolute Gasteiger partial charge is 0.405 e. The molecule has 4 rings (SSSR count). The van der Waals surface area contributed by atoms with Crippen molar-refractivity contribution in [1.29, 1.82) is 0 Å². The highest BCUT2D eigenvalue weighted by atomic mass is 19.4. The molecule has 0 atom stereocenters. The van der Waals surface area contributed by atoms with Crippen molar-refractivity contribution in [2.24, 2.45) is 0 Å². The first-order valence-corrected chi connectivity index (χ1v) is 8.84. The van der Waals surface area contributed by atoms with Gasteiger partial charge in [-0.2, -0.15) is 13.2 Å². The van der Waals surface area contributed by atoms with Gasteiger partial charge in [-0.1, -0.05) is 0 Å². The number of fused-ring (bicyclic) bond motifs is 1. The normalized spacial score (nSPS) is 11.6. The van der Waals surface area contributed by atoms with Gasteiger partial charge in [-0.25, -0.2) is 9.37 Å². The Kier molecular flexibility index (Phi) is 4.94. The number of benzene rings is 1. The number of nitrogens with zero attached hydrogens (tertiary/aromatic N) is 3. The van der Waals surface area contributed by atoms with Crippen molar-refractivity contribution in [2.75, 3.05) is 6.54 Å². The zero-order valence-electron chi connectivity index (χ0n) is 15.3. The SMILES string of the molecule is O=C(NCC(F)(F)F)c1ccnc(-c2cnc3c(ccn3-c3ccc(F)cc3)c2)c1. The van der Waals surface area contributed by atoms with Crippen LogP contribution in [-0.4, -0.2) is 33.2 Å². The van der Waals surface area contributed by atoms with Crippen molar-refractivity contribution in [3.63, 3.8) is 0 Å². The number of halogens is 4. The van der Waals surface area contributed by atoms with Gasteiger partial charge in [0.2, 0.25) is 0 Å². The molecule has 30 heavy (non-hydrogen) atoms. The van der Waals surface area contributed by atoms with Crippen LogP contribution >= 0.6 is 0 Å². The molecule has 0 aliphatic rings. The molecule has 1 aromatic carbocycles. The lowest BCUT2D eigenvalue weighted by molar-refractivity contribution is -0.123. The Morgan fingerprint density at radius 2 is 1.80 bits per heavy atom. The predicted octanol–water partition coefficient (Wildman–Crippen LogP) is 4.52. The highest BCUT2D eigenvalue weighted by Crippen LogP contribution is 2.25. The van der Waals surface area contributed by atoms with E-state index in [1.165, 1.54) is 30.5 Å². The minimum atomic E-state index is -4.49. The molecular formula is C21H14F4N4O. The molecule has 152 valence electrons. The van der Waals surface area contributed by atoms with Gasteiger partial charge in [0.05, 0.1) is 5.69 Å². The quantitative estimate of drug-likeness (QED) is 0.500. The van der Waals surface area contributed by atoms with E-state index < -0.39 is 18.6 Å². The van der Waals surface area contributed by atoms with Gasteiger partial charge >= 0.3 is 6.18 Å². The Morgan fingerprint density at radius 3 is 2.53 bits per heavy atom. The Morgan fingerprint density at radius 1 is 1.03 bits per heavy atom. The van der Waals surface area contributed by atoms with Crippen molar-refractivity contribution >= 4 is 16.9 Å². The Balaban J connectivity index is 1.62. The number of amides is 1. The molecule has 4 aromatic rings. The van der Waals surface area contributed by atoms with Gasteiger partial charge in [0, 0.05) is 40.8 Å². The third-order valence-electron chi connectivity index (χ3n) is 4.40. The van der Waals surface area contributed by atoms with Gasteiger partial charge in [-0.15, -0.1) is 0 Å². The molecule has 0 aliphatic heterocycles. The van der Waals surface area contributed by atoms with E-state index in [9.17, 15) is 22.4 Å². The number of aromatic nitrogens is 3. The third-order valence-corrected chi connectivity index (χ3v) is 4.40. The van der Waals surface area contributed by atoms with Gasteiger partial charge in [0.25, 0.3) is 5.91 Å². The molecule has 0 fully saturated rings. The first-order valence-electron chi connectivity index (χ1n) is 8.84. The van der Waals surface area contributed by atoms with Gasteiger partial charge < -0.3 is 9.88 Å². The van der Waals surface area contributed by atoms with Crippen LogP contribution in [0.1, 0.15) is 10.4 Å². The number of nitrogens with one attached hydrogen (secondary N) is 1. The minimum Gasteiger partial charge on any atom is -0.343 e. The summed E-state index contributed by atoms with van der Waals surface area (Å²) in [5.74, 6) is -1.18. The van der Waals surface area contributed by atoms with Crippen LogP contribution in [0.25, 0.3) is 28.0 Å². The summed E-state index contributed by atoms with van der Waals surface area (Å²) in [4.78, 5) is 20.6.